The van der Waals surface area contributed by atoms with Crippen molar-refractivity contribution in [2.24, 2.45) is 0 Å². The SMILES string of the molecule is Cc1cc(Cl)ccc1NC(=O)CN1CC=C(c2ccc(O)cc2)CC1. The van der Waals surface area contributed by atoms with Crippen LogP contribution in [0.25, 0.3) is 5.57 Å². The van der Waals surface area contributed by atoms with Gasteiger partial charge in [-0.15, -0.1) is 0 Å². The molecule has 0 saturated heterocycles. The zero-order chi connectivity index (χ0) is 17.8. The molecule has 0 spiro atoms. The summed E-state index contributed by atoms with van der Waals surface area (Å²) in [6, 6.07) is 12.7. The van der Waals surface area contributed by atoms with Gasteiger partial charge in [-0.3, -0.25) is 9.69 Å². The molecule has 0 aromatic heterocycles. The molecule has 0 bridgehead atoms. The molecule has 0 aliphatic carbocycles. The van der Waals surface area contributed by atoms with Crippen molar-refractivity contribution >= 4 is 28.8 Å². The molecule has 1 aliphatic heterocycles. The highest BCUT2D eigenvalue weighted by atomic mass is 35.5. The smallest absolute Gasteiger partial charge is 0.238 e. The number of benzene rings is 2. The second-order valence-corrected chi connectivity index (χ2v) is 6.71. The molecule has 0 unspecified atom stereocenters. The van der Waals surface area contributed by atoms with Crippen molar-refractivity contribution < 1.29 is 9.90 Å². The Bertz CT molecular complexity index is 800. The number of carbonyl (C=O) groups is 1. The first kappa shape index (κ1) is 17.5. The molecule has 1 aliphatic rings. The van der Waals surface area contributed by atoms with Crippen LogP contribution in [0.15, 0.2) is 48.5 Å². The maximum atomic E-state index is 12.3. The number of anilines is 1. The van der Waals surface area contributed by atoms with Gasteiger partial charge in [0, 0.05) is 23.8 Å². The van der Waals surface area contributed by atoms with E-state index in [1.54, 1.807) is 18.2 Å². The van der Waals surface area contributed by atoms with Crippen LogP contribution in [0.3, 0.4) is 0 Å². The number of hydrogen-bond acceptors (Lipinski definition) is 3. The first-order valence-corrected chi connectivity index (χ1v) is 8.66. The molecule has 4 nitrogen and oxygen atoms in total. The fourth-order valence-corrected chi connectivity index (χ4v) is 3.18. The topological polar surface area (TPSA) is 52.6 Å². The van der Waals surface area contributed by atoms with Crippen molar-refractivity contribution in [1.82, 2.24) is 4.90 Å². The number of rotatable bonds is 4. The van der Waals surface area contributed by atoms with Crippen LogP contribution >= 0.6 is 11.6 Å². The third-order valence-corrected chi connectivity index (χ3v) is 4.60. The van der Waals surface area contributed by atoms with Crippen molar-refractivity contribution in [3.05, 3.63) is 64.7 Å². The molecule has 5 heteroatoms. The monoisotopic (exact) mass is 356 g/mol. The van der Waals surface area contributed by atoms with E-state index in [9.17, 15) is 9.90 Å². The molecule has 0 saturated carbocycles. The molecule has 2 aromatic rings. The molecule has 0 radical (unpaired) electrons. The molecule has 3 rings (SSSR count). The number of nitrogens with one attached hydrogen (secondary N) is 1. The molecular weight excluding hydrogens is 336 g/mol. The number of aryl methyl sites for hydroxylation is 1. The maximum Gasteiger partial charge on any atom is 0.238 e. The summed E-state index contributed by atoms with van der Waals surface area (Å²) in [6.07, 6.45) is 3.04. The van der Waals surface area contributed by atoms with E-state index in [0.29, 0.717) is 11.6 Å². The fraction of sp³-hybridized carbons (Fsp3) is 0.250. The van der Waals surface area contributed by atoms with Crippen LogP contribution in [0, 0.1) is 6.92 Å². The van der Waals surface area contributed by atoms with Gasteiger partial charge in [-0.05, 0) is 60.4 Å². The number of aromatic hydroxyl groups is 1. The van der Waals surface area contributed by atoms with Crippen LogP contribution in [0.5, 0.6) is 5.75 Å². The van der Waals surface area contributed by atoms with E-state index in [2.05, 4.69) is 16.3 Å². The van der Waals surface area contributed by atoms with Crippen LogP contribution in [0.2, 0.25) is 5.02 Å². The number of halogens is 1. The number of amides is 1. The molecule has 2 aromatic carbocycles. The standard InChI is InChI=1S/C20H21ClN2O2/c1-14-12-17(21)4-7-19(14)22-20(25)13-23-10-8-16(9-11-23)15-2-5-18(24)6-3-15/h2-8,12,24H,9-11,13H2,1H3,(H,22,25). The minimum Gasteiger partial charge on any atom is -0.508 e. The van der Waals surface area contributed by atoms with E-state index in [4.69, 9.17) is 11.6 Å². The molecular formula is C20H21ClN2O2. The quantitative estimate of drug-likeness (QED) is 0.867. The normalized spacial score (nSPS) is 14.9. The lowest BCUT2D eigenvalue weighted by molar-refractivity contribution is -0.117. The maximum absolute atomic E-state index is 12.3. The van der Waals surface area contributed by atoms with E-state index in [1.807, 2.05) is 31.2 Å². The Labute approximate surface area is 152 Å². The molecule has 1 heterocycles. The van der Waals surface area contributed by atoms with Crippen LogP contribution in [0.1, 0.15) is 17.5 Å². The van der Waals surface area contributed by atoms with Crippen molar-refractivity contribution in [3.63, 3.8) is 0 Å². The Morgan fingerprint density at radius 3 is 2.64 bits per heavy atom. The van der Waals surface area contributed by atoms with Gasteiger partial charge in [0.15, 0.2) is 0 Å². The van der Waals surface area contributed by atoms with Gasteiger partial charge in [0.1, 0.15) is 5.75 Å². The first-order valence-electron chi connectivity index (χ1n) is 8.28. The summed E-state index contributed by atoms with van der Waals surface area (Å²) < 4.78 is 0. The summed E-state index contributed by atoms with van der Waals surface area (Å²) >= 11 is 5.94. The van der Waals surface area contributed by atoms with Gasteiger partial charge < -0.3 is 10.4 Å². The Hall–Kier alpha value is -2.30. The predicted molar refractivity (Wildman–Crippen MR) is 102 cm³/mol. The van der Waals surface area contributed by atoms with Gasteiger partial charge in [0.25, 0.3) is 0 Å². The van der Waals surface area contributed by atoms with E-state index >= 15 is 0 Å². The second-order valence-electron chi connectivity index (χ2n) is 6.27. The average Bonchev–Trinajstić information content (AvgIpc) is 2.59. The minimum absolute atomic E-state index is 0.0214. The Kier molecular flexibility index (Phi) is 5.41. The molecule has 1 amide bonds. The van der Waals surface area contributed by atoms with Gasteiger partial charge in [-0.25, -0.2) is 0 Å². The lowest BCUT2D eigenvalue weighted by Crippen LogP contribution is -2.36. The highest BCUT2D eigenvalue weighted by Gasteiger charge is 2.16. The van der Waals surface area contributed by atoms with Crippen LogP contribution in [-0.2, 0) is 4.79 Å². The van der Waals surface area contributed by atoms with Gasteiger partial charge in [-0.1, -0.05) is 29.8 Å². The number of carbonyl (C=O) groups excluding carboxylic acids is 1. The van der Waals surface area contributed by atoms with Gasteiger partial charge in [-0.2, -0.15) is 0 Å². The minimum atomic E-state index is -0.0214. The molecule has 0 atom stereocenters. The van der Waals surface area contributed by atoms with Gasteiger partial charge in [0.05, 0.1) is 6.54 Å². The molecule has 25 heavy (non-hydrogen) atoms. The third kappa shape index (κ3) is 4.62. The fourth-order valence-electron chi connectivity index (χ4n) is 2.95. The Balaban J connectivity index is 1.56. The van der Waals surface area contributed by atoms with Gasteiger partial charge >= 0.3 is 0 Å². The van der Waals surface area contributed by atoms with Crippen LogP contribution in [-0.4, -0.2) is 35.5 Å². The second kappa shape index (κ2) is 7.72. The molecule has 130 valence electrons. The molecule has 0 fully saturated rings. The van der Waals surface area contributed by atoms with Gasteiger partial charge in [0.2, 0.25) is 5.91 Å². The number of hydrogen-bond donors (Lipinski definition) is 2. The Morgan fingerprint density at radius 1 is 1.24 bits per heavy atom. The summed E-state index contributed by atoms with van der Waals surface area (Å²) in [5.74, 6) is 0.253. The van der Waals surface area contributed by atoms with E-state index in [-0.39, 0.29) is 11.7 Å². The summed E-state index contributed by atoms with van der Waals surface area (Å²) in [5, 5.41) is 13.0. The largest absolute Gasteiger partial charge is 0.508 e. The van der Waals surface area contributed by atoms with Crippen molar-refractivity contribution in [3.8, 4) is 5.75 Å². The third-order valence-electron chi connectivity index (χ3n) is 4.36. The summed E-state index contributed by atoms with van der Waals surface area (Å²) in [7, 11) is 0. The number of nitrogens with zero attached hydrogens (tertiary/aromatic N) is 1. The molecule has 2 N–H and O–H groups in total. The van der Waals surface area contributed by atoms with E-state index in [1.165, 1.54) is 5.57 Å². The van der Waals surface area contributed by atoms with Crippen molar-refractivity contribution in [1.29, 1.82) is 0 Å². The zero-order valence-electron chi connectivity index (χ0n) is 14.1. The van der Waals surface area contributed by atoms with E-state index < -0.39 is 0 Å². The lowest BCUT2D eigenvalue weighted by Gasteiger charge is -2.26. The van der Waals surface area contributed by atoms with Crippen molar-refractivity contribution in [2.75, 3.05) is 25.0 Å². The number of phenolic OH excluding ortho intramolecular Hbond substituents is 1. The average molecular weight is 357 g/mol. The first-order chi connectivity index (χ1) is 12.0. The predicted octanol–water partition coefficient (Wildman–Crippen LogP) is 4.08. The lowest BCUT2D eigenvalue weighted by atomic mass is 9.99. The van der Waals surface area contributed by atoms with Crippen LogP contribution < -0.4 is 5.32 Å². The van der Waals surface area contributed by atoms with Crippen LogP contribution in [0.4, 0.5) is 5.69 Å². The van der Waals surface area contributed by atoms with Crippen molar-refractivity contribution in [2.45, 2.75) is 13.3 Å². The summed E-state index contributed by atoms with van der Waals surface area (Å²) in [4.78, 5) is 14.4. The summed E-state index contributed by atoms with van der Waals surface area (Å²) in [5.41, 5.74) is 4.13. The highest BCUT2D eigenvalue weighted by Crippen LogP contribution is 2.24. The van der Waals surface area contributed by atoms with E-state index in [0.717, 1.165) is 36.3 Å². The summed E-state index contributed by atoms with van der Waals surface area (Å²) in [6.45, 7) is 3.86. The zero-order valence-corrected chi connectivity index (χ0v) is 14.9. The Morgan fingerprint density at radius 2 is 2.00 bits per heavy atom. The number of phenols is 1. The highest BCUT2D eigenvalue weighted by molar-refractivity contribution is 6.30.